The van der Waals surface area contributed by atoms with Crippen LogP contribution in [-0.4, -0.2) is 27.4 Å². The second-order valence-electron chi connectivity index (χ2n) is 8.00. The van der Waals surface area contributed by atoms with Crippen LogP contribution in [-0.2, 0) is 9.84 Å². The lowest BCUT2D eigenvalue weighted by Crippen LogP contribution is -2.34. The lowest BCUT2D eigenvalue weighted by atomic mass is 9.87. The van der Waals surface area contributed by atoms with E-state index in [0.29, 0.717) is 34.9 Å². The van der Waals surface area contributed by atoms with Crippen molar-refractivity contribution < 1.29 is 17.9 Å². The Kier molecular flexibility index (Phi) is 5.61. The van der Waals surface area contributed by atoms with Crippen LogP contribution >= 0.6 is 0 Å². The van der Waals surface area contributed by atoms with Gasteiger partial charge in [0, 0.05) is 17.8 Å². The molecular weight excluding hydrogens is 426 g/mol. The molecule has 1 atom stereocenters. The highest BCUT2D eigenvalue weighted by atomic mass is 32.2. The molecule has 2 N–H and O–H groups in total. The first-order chi connectivity index (χ1) is 15.3. The molecule has 2 aliphatic heterocycles. The maximum Gasteiger partial charge on any atom is 0.177 e. The average molecular weight is 452 g/mol. The third kappa shape index (κ3) is 3.69. The van der Waals surface area contributed by atoms with Gasteiger partial charge in [0.2, 0.25) is 0 Å². The number of sulfone groups is 1. The topological polar surface area (TPSA) is 106 Å². The summed E-state index contributed by atoms with van der Waals surface area (Å²) in [5.41, 5.74) is 8.66. The smallest absolute Gasteiger partial charge is 0.177 e. The minimum Gasteiger partial charge on any atom is -0.497 e. The standard InChI is InChI=1S/C24H25N3O4S/c1-15(2)31-19-6-4-5-16(13-19)22-20(14-25)24(26)27(17-7-9-18(30-3)10-8-17)21-11-12-32(28,29)23(21)22/h4-10,13,15,22H,11-12,26H2,1-3H3/t22-/m1/s1. The van der Waals surface area contributed by atoms with Crippen LogP contribution in [0.3, 0.4) is 0 Å². The van der Waals surface area contributed by atoms with Gasteiger partial charge in [-0.2, -0.15) is 5.26 Å². The molecule has 2 heterocycles. The number of nitrogens with two attached hydrogens (primary N) is 1. The van der Waals surface area contributed by atoms with E-state index in [1.165, 1.54) is 0 Å². The fraction of sp³-hybridized carbons (Fsp3) is 0.292. The third-order valence-electron chi connectivity index (χ3n) is 5.58. The molecule has 32 heavy (non-hydrogen) atoms. The molecule has 0 saturated heterocycles. The number of nitrogens with zero attached hydrogens (tertiary/aromatic N) is 2. The van der Waals surface area contributed by atoms with Crippen LogP contribution in [0.25, 0.3) is 0 Å². The highest BCUT2D eigenvalue weighted by Gasteiger charge is 2.45. The van der Waals surface area contributed by atoms with Gasteiger partial charge in [0.1, 0.15) is 17.3 Å². The summed E-state index contributed by atoms with van der Waals surface area (Å²) in [5, 5.41) is 10.1. The lowest BCUT2D eigenvalue weighted by Gasteiger charge is -2.35. The normalized spacial score (nSPS) is 19.7. The molecule has 0 bridgehead atoms. The zero-order chi connectivity index (χ0) is 23.0. The Morgan fingerprint density at radius 2 is 1.88 bits per heavy atom. The number of rotatable bonds is 5. The molecule has 2 aliphatic rings. The van der Waals surface area contributed by atoms with Crippen molar-refractivity contribution in [3.05, 3.63) is 76.1 Å². The largest absolute Gasteiger partial charge is 0.497 e. The highest BCUT2D eigenvalue weighted by molar-refractivity contribution is 7.95. The van der Waals surface area contributed by atoms with E-state index in [0.717, 1.165) is 0 Å². The van der Waals surface area contributed by atoms with E-state index in [1.54, 1.807) is 48.4 Å². The third-order valence-corrected chi connectivity index (χ3v) is 7.46. The minimum absolute atomic E-state index is 0.0189. The molecule has 0 amide bonds. The van der Waals surface area contributed by atoms with Crippen molar-refractivity contribution in [3.63, 3.8) is 0 Å². The van der Waals surface area contributed by atoms with E-state index in [1.807, 2.05) is 26.0 Å². The molecule has 0 fully saturated rings. The molecule has 2 aromatic rings. The van der Waals surface area contributed by atoms with E-state index >= 15 is 0 Å². The molecule has 0 spiro atoms. The van der Waals surface area contributed by atoms with Crippen molar-refractivity contribution in [1.82, 2.24) is 0 Å². The van der Waals surface area contributed by atoms with Crippen LogP contribution in [0.1, 0.15) is 31.7 Å². The molecule has 7 nitrogen and oxygen atoms in total. The van der Waals surface area contributed by atoms with Gasteiger partial charge in [-0.3, -0.25) is 4.90 Å². The Balaban J connectivity index is 1.91. The van der Waals surface area contributed by atoms with Gasteiger partial charge in [-0.1, -0.05) is 12.1 Å². The van der Waals surface area contributed by atoms with Crippen molar-refractivity contribution in [2.45, 2.75) is 32.3 Å². The predicted molar refractivity (Wildman–Crippen MR) is 123 cm³/mol. The van der Waals surface area contributed by atoms with Crippen molar-refractivity contribution in [1.29, 1.82) is 5.26 Å². The van der Waals surface area contributed by atoms with Gasteiger partial charge >= 0.3 is 0 Å². The summed E-state index contributed by atoms with van der Waals surface area (Å²) in [6, 6.07) is 16.5. The first-order valence-electron chi connectivity index (χ1n) is 10.3. The van der Waals surface area contributed by atoms with E-state index < -0.39 is 15.8 Å². The molecule has 8 heteroatoms. The molecular formula is C24H25N3O4S. The summed E-state index contributed by atoms with van der Waals surface area (Å²) < 4.78 is 37.4. The van der Waals surface area contributed by atoms with Gasteiger partial charge in [0.25, 0.3) is 0 Å². The Morgan fingerprint density at radius 1 is 1.16 bits per heavy atom. The number of benzene rings is 2. The molecule has 0 aliphatic carbocycles. The van der Waals surface area contributed by atoms with Gasteiger partial charge in [0.05, 0.1) is 41.4 Å². The van der Waals surface area contributed by atoms with Crippen molar-refractivity contribution in [3.8, 4) is 17.6 Å². The van der Waals surface area contributed by atoms with Gasteiger partial charge in [-0.15, -0.1) is 0 Å². The Bertz CT molecular complexity index is 1250. The Hall–Kier alpha value is -3.44. The zero-order valence-corrected chi connectivity index (χ0v) is 19.0. The lowest BCUT2D eigenvalue weighted by molar-refractivity contribution is 0.242. The van der Waals surface area contributed by atoms with Crippen LogP contribution in [0.15, 0.2) is 70.5 Å². The number of ether oxygens (including phenoxy) is 2. The summed E-state index contributed by atoms with van der Waals surface area (Å²) in [7, 11) is -2.00. The monoisotopic (exact) mass is 451 g/mol. The quantitative estimate of drug-likeness (QED) is 0.737. The zero-order valence-electron chi connectivity index (χ0n) is 18.2. The summed E-state index contributed by atoms with van der Waals surface area (Å²) in [4.78, 5) is 1.92. The first kappa shape index (κ1) is 21.8. The second kappa shape index (κ2) is 8.24. The van der Waals surface area contributed by atoms with E-state index in [-0.39, 0.29) is 28.2 Å². The molecule has 166 valence electrons. The highest BCUT2D eigenvalue weighted by Crippen LogP contribution is 2.49. The molecule has 0 radical (unpaired) electrons. The number of hydrogen-bond donors (Lipinski definition) is 1. The summed E-state index contributed by atoms with van der Waals surface area (Å²) in [6.07, 6.45) is 0.283. The van der Waals surface area contributed by atoms with Crippen LogP contribution in [0.5, 0.6) is 11.5 Å². The van der Waals surface area contributed by atoms with Crippen molar-refractivity contribution in [2.75, 3.05) is 17.8 Å². The molecule has 0 unspecified atom stereocenters. The number of hydrogen-bond acceptors (Lipinski definition) is 7. The fourth-order valence-corrected chi connectivity index (χ4v) is 6.11. The SMILES string of the molecule is COc1ccc(N2C(N)=C(C#N)[C@@H](c3cccc(OC(C)C)c3)C3=C2CCS3(=O)=O)cc1. The van der Waals surface area contributed by atoms with Gasteiger partial charge in [-0.25, -0.2) is 8.42 Å². The maximum absolute atomic E-state index is 13.2. The summed E-state index contributed by atoms with van der Waals surface area (Å²) in [5.74, 6) is 0.724. The van der Waals surface area contributed by atoms with E-state index in [2.05, 4.69) is 6.07 Å². The molecule has 0 saturated carbocycles. The van der Waals surface area contributed by atoms with Crippen molar-refractivity contribution >= 4 is 15.5 Å². The molecule has 2 aromatic carbocycles. The minimum atomic E-state index is -3.57. The van der Waals surface area contributed by atoms with Crippen molar-refractivity contribution in [2.24, 2.45) is 5.73 Å². The molecule has 4 rings (SSSR count). The van der Waals surface area contributed by atoms with Crippen LogP contribution in [0.4, 0.5) is 5.69 Å². The Morgan fingerprint density at radius 3 is 2.50 bits per heavy atom. The predicted octanol–water partition coefficient (Wildman–Crippen LogP) is 3.81. The Labute approximate surface area is 188 Å². The second-order valence-corrected chi connectivity index (χ2v) is 10.1. The maximum atomic E-state index is 13.2. The number of methoxy groups -OCH3 is 1. The van der Waals surface area contributed by atoms with E-state index in [9.17, 15) is 13.7 Å². The molecule has 0 aromatic heterocycles. The first-order valence-corrected chi connectivity index (χ1v) is 12.0. The van der Waals surface area contributed by atoms with Crippen LogP contribution in [0, 0.1) is 11.3 Å². The fourth-order valence-electron chi connectivity index (χ4n) is 4.26. The van der Waals surface area contributed by atoms with Crippen LogP contribution in [0.2, 0.25) is 0 Å². The van der Waals surface area contributed by atoms with Gasteiger partial charge < -0.3 is 15.2 Å². The van der Waals surface area contributed by atoms with E-state index in [4.69, 9.17) is 15.2 Å². The van der Waals surface area contributed by atoms with Crippen LogP contribution < -0.4 is 20.1 Å². The number of allylic oxidation sites excluding steroid dienone is 3. The van der Waals surface area contributed by atoms with Gasteiger partial charge in [-0.05, 0) is 55.8 Å². The van der Waals surface area contributed by atoms with Gasteiger partial charge in [0.15, 0.2) is 9.84 Å². The number of nitriles is 1. The summed E-state index contributed by atoms with van der Waals surface area (Å²) >= 11 is 0. The summed E-state index contributed by atoms with van der Waals surface area (Å²) in [6.45, 7) is 3.83. The number of anilines is 1. The average Bonchev–Trinajstić information content (AvgIpc) is 3.07.